The molecule has 182 valence electrons. The fourth-order valence-electron chi connectivity index (χ4n) is 2.86. The lowest BCUT2D eigenvalue weighted by Crippen LogP contribution is -2.21. The van der Waals surface area contributed by atoms with Crippen LogP contribution in [0.15, 0.2) is 0 Å². The summed E-state index contributed by atoms with van der Waals surface area (Å²) >= 11 is 0. The lowest BCUT2D eigenvalue weighted by atomic mass is 10.0. The van der Waals surface area contributed by atoms with Gasteiger partial charge < -0.3 is 15.3 Å². The molecule has 0 aliphatic heterocycles. The Balaban J connectivity index is 0. The van der Waals surface area contributed by atoms with Crippen molar-refractivity contribution in [3.05, 3.63) is 0 Å². The van der Waals surface area contributed by atoms with Crippen molar-refractivity contribution in [1.29, 1.82) is 0 Å². The molecule has 30 heavy (non-hydrogen) atoms. The highest BCUT2D eigenvalue weighted by atomic mass is 32.3. The van der Waals surface area contributed by atoms with Crippen LogP contribution in [0, 0.1) is 0 Å². The summed E-state index contributed by atoms with van der Waals surface area (Å²) in [5.41, 5.74) is 0. The number of carbonyl (C=O) groups is 1. The number of hydrogen-bond acceptors (Lipinski definition) is 6. The first-order chi connectivity index (χ1) is 14.2. The largest absolute Gasteiger partial charge is 0.481 e. The molecule has 0 aromatic carbocycles. The maximum absolute atomic E-state index is 10.3. The molecule has 0 aromatic rings. The summed E-state index contributed by atoms with van der Waals surface area (Å²) < 4.78 is 31.2. The van der Waals surface area contributed by atoms with Crippen molar-refractivity contribution < 1.29 is 37.3 Å². The highest BCUT2D eigenvalue weighted by molar-refractivity contribution is 7.80. The van der Waals surface area contributed by atoms with Crippen LogP contribution in [0.3, 0.4) is 0 Å². The number of hydrogen-bond donors (Lipinski definition) is 4. The van der Waals surface area contributed by atoms with Gasteiger partial charge in [-0.15, -0.1) is 0 Å². The van der Waals surface area contributed by atoms with Gasteiger partial charge in [0.25, 0.3) is 0 Å². The zero-order valence-corrected chi connectivity index (χ0v) is 19.5. The molecule has 0 radical (unpaired) electrons. The third-order valence-corrected chi connectivity index (χ3v) is 5.05. The van der Waals surface area contributed by atoms with Gasteiger partial charge in [-0.2, -0.15) is 8.42 Å². The summed E-state index contributed by atoms with van der Waals surface area (Å²) in [5, 5.41) is 25.1. The zero-order chi connectivity index (χ0) is 23.1. The first kappa shape index (κ1) is 31.4. The van der Waals surface area contributed by atoms with E-state index in [2.05, 4.69) is 11.1 Å². The standard InChI is InChI=1S/C18H36O2.C3H8O6S/c1-2-3-4-5-6-7-8-9-10-11-12-13-14-15-16-17-18(19)20;4-1-3(5)2-9-10(6,7)8/h2-17H2,1H3,(H,19,20);3-5H,1-2H2,(H,6,7,8). The first-order valence-corrected chi connectivity index (χ1v) is 12.7. The van der Waals surface area contributed by atoms with E-state index in [-0.39, 0.29) is 0 Å². The van der Waals surface area contributed by atoms with Crippen molar-refractivity contribution in [1.82, 2.24) is 0 Å². The van der Waals surface area contributed by atoms with Crippen molar-refractivity contribution in [2.75, 3.05) is 13.2 Å². The second-order valence-electron chi connectivity index (χ2n) is 7.64. The summed E-state index contributed by atoms with van der Waals surface area (Å²) in [6.45, 7) is 1.01. The van der Waals surface area contributed by atoms with Crippen LogP contribution in [-0.2, 0) is 19.4 Å². The van der Waals surface area contributed by atoms with E-state index in [9.17, 15) is 13.2 Å². The Morgan fingerprint density at radius 3 is 1.47 bits per heavy atom. The van der Waals surface area contributed by atoms with Gasteiger partial charge in [0.2, 0.25) is 0 Å². The topological polar surface area (TPSA) is 141 Å². The van der Waals surface area contributed by atoms with Crippen LogP contribution in [0.2, 0.25) is 0 Å². The van der Waals surface area contributed by atoms with Crippen molar-refractivity contribution in [2.45, 2.75) is 116 Å². The van der Waals surface area contributed by atoms with Gasteiger partial charge in [-0.25, -0.2) is 4.18 Å². The Morgan fingerprint density at radius 1 is 0.800 bits per heavy atom. The predicted octanol–water partition coefficient (Wildman–Crippen LogP) is 4.49. The first-order valence-electron chi connectivity index (χ1n) is 11.4. The normalized spacial score (nSPS) is 12.3. The Hall–Kier alpha value is -0.740. The molecule has 1 unspecified atom stereocenters. The summed E-state index contributed by atoms with van der Waals surface area (Å²) in [6, 6.07) is 0. The van der Waals surface area contributed by atoms with Gasteiger partial charge in [0.15, 0.2) is 0 Å². The molecule has 0 saturated carbocycles. The van der Waals surface area contributed by atoms with Crippen LogP contribution in [0.4, 0.5) is 0 Å². The number of unbranched alkanes of at least 4 members (excludes halogenated alkanes) is 14. The number of aliphatic hydroxyl groups is 2. The molecule has 1 atom stereocenters. The summed E-state index contributed by atoms with van der Waals surface area (Å²) in [4.78, 5) is 10.3. The van der Waals surface area contributed by atoms with E-state index in [1.165, 1.54) is 83.5 Å². The molecule has 0 rings (SSSR count). The Morgan fingerprint density at radius 2 is 1.17 bits per heavy atom. The molecule has 0 aliphatic rings. The highest BCUT2D eigenvalue weighted by Gasteiger charge is 2.08. The molecule has 4 N–H and O–H groups in total. The Kier molecular flexibility index (Phi) is 24.0. The van der Waals surface area contributed by atoms with E-state index in [1.807, 2.05) is 0 Å². The predicted molar refractivity (Wildman–Crippen MR) is 118 cm³/mol. The van der Waals surface area contributed by atoms with E-state index >= 15 is 0 Å². The molecule has 0 heterocycles. The molecule has 0 aromatic heterocycles. The number of aliphatic carboxylic acids is 1. The van der Waals surface area contributed by atoms with Gasteiger partial charge in [-0.3, -0.25) is 9.35 Å². The summed E-state index contributed by atoms with van der Waals surface area (Å²) in [5.74, 6) is -0.653. The van der Waals surface area contributed by atoms with Gasteiger partial charge >= 0.3 is 16.4 Å². The Bertz CT molecular complexity index is 468. The second-order valence-corrected chi connectivity index (χ2v) is 8.73. The third kappa shape index (κ3) is 31.9. The average molecular weight is 457 g/mol. The molecule has 0 aliphatic carbocycles. The van der Waals surface area contributed by atoms with Crippen LogP contribution >= 0.6 is 0 Å². The number of aliphatic hydroxyl groups excluding tert-OH is 2. The number of rotatable bonds is 20. The molecule has 0 bridgehead atoms. The van der Waals surface area contributed by atoms with Gasteiger partial charge in [-0.1, -0.05) is 96.8 Å². The maximum atomic E-state index is 10.3. The van der Waals surface area contributed by atoms with Crippen molar-refractivity contribution in [2.24, 2.45) is 0 Å². The van der Waals surface area contributed by atoms with Crippen molar-refractivity contribution in [3.63, 3.8) is 0 Å². The van der Waals surface area contributed by atoms with E-state index in [0.29, 0.717) is 6.42 Å². The smallest absolute Gasteiger partial charge is 0.397 e. The fourth-order valence-corrected chi connectivity index (χ4v) is 3.19. The summed E-state index contributed by atoms with van der Waals surface area (Å²) in [7, 11) is -4.50. The van der Waals surface area contributed by atoms with Crippen LogP contribution in [0.5, 0.6) is 0 Å². The minimum atomic E-state index is -4.50. The van der Waals surface area contributed by atoms with E-state index in [0.717, 1.165) is 12.8 Å². The number of carboxylic acids is 1. The van der Waals surface area contributed by atoms with Gasteiger partial charge in [-0.05, 0) is 6.42 Å². The van der Waals surface area contributed by atoms with E-state index in [1.54, 1.807) is 0 Å². The molecule has 8 nitrogen and oxygen atoms in total. The van der Waals surface area contributed by atoms with Crippen molar-refractivity contribution >= 4 is 16.4 Å². The molecular formula is C21H44O8S. The van der Waals surface area contributed by atoms with Crippen LogP contribution in [0.1, 0.15) is 110 Å². The van der Waals surface area contributed by atoms with E-state index in [4.69, 9.17) is 19.9 Å². The number of carboxylic acid groups (broad SMARTS) is 1. The monoisotopic (exact) mass is 456 g/mol. The van der Waals surface area contributed by atoms with Crippen LogP contribution < -0.4 is 0 Å². The molecule has 9 heteroatoms. The quantitative estimate of drug-likeness (QED) is 0.155. The zero-order valence-electron chi connectivity index (χ0n) is 18.6. The van der Waals surface area contributed by atoms with Gasteiger partial charge in [0.1, 0.15) is 6.10 Å². The minimum absolute atomic E-state index is 0.345. The molecule has 0 spiro atoms. The molecule has 0 fully saturated rings. The Labute approximate surface area is 183 Å². The SMILES string of the molecule is CCCCCCCCCCCCCCCCCC(=O)O.O=S(=O)(O)OCC(O)CO. The van der Waals surface area contributed by atoms with Crippen LogP contribution in [-0.4, -0.2) is 53.6 Å². The lowest BCUT2D eigenvalue weighted by Gasteiger charge is -2.03. The maximum Gasteiger partial charge on any atom is 0.397 e. The van der Waals surface area contributed by atoms with E-state index < -0.39 is 35.7 Å². The molecule has 0 saturated heterocycles. The molecular weight excluding hydrogens is 412 g/mol. The summed E-state index contributed by atoms with van der Waals surface area (Å²) in [6.07, 6.45) is 18.9. The second kappa shape index (κ2) is 22.9. The fraction of sp³-hybridized carbons (Fsp3) is 0.952. The average Bonchev–Trinajstić information content (AvgIpc) is 2.68. The van der Waals surface area contributed by atoms with Gasteiger partial charge in [0.05, 0.1) is 13.2 Å². The van der Waals surface area contributed by atoms with Gasteiger partial charge in [0, 0.05) is 6.42 Å². The third-order valence-electron chi connectivity index (χ3n) is 4.61. The highest BCUT2D eigenvalue weighted by Crippen LogP contribution is 2.13. The molecule has 0 amide bonds. The van der Waals surface area contributed by atoms with Crippen LogP contribution in [0.25, 0.3) is 0 Å². The lowest BCUT2D eigenvalue weighted by molar-refractivity contribution is -0.137. The minimum Gasteiger partial charge on any atom is -0.481 e. The van der Waals surface area contributed by atoms with Crippen molar-refractivity contribution in [3.8, 4) is 0 Å².